The van der Waals surface area contributed by atoms with Crippen LogP contribution in [0.5, 0.6) is 0 Å². The average molecular weight is 308 g/mol. The molecule has 0 saturated carbocycles. The van der Waals surface area contributed by atoms with E-state index in [1.54, 1.807) is 18.2 Å². The van der Waals surface area contributed by atoms with Gasteiger partial charge in [-0.05, 0) is 17.2 Å². The summed E-state index contributed by atoms with van der Waals surface area (Å²) >= 11 is 0. The van der Waals surface area contributed by atoms with Crippen LogP contribution >= 0.6 is 0 Å². The number of nitrogens with one attached hydrogen (secondary N) is 1. The second-order valence-corrected chi connectivity index (χ2v) is 4.74. The predicted molar refractivity (Wildman–Crippen MR) is 90.6 cm³/mol. The van der Waals surface area contributed by atoms with Crippen LogP contribution in [-0.2, 0) is 4.79 Å². The molecule has 0 radical (unpaired) electrons. The molecule has 0 aliphatic carbocycles. The minimum absolute atomic E-state index is 0.00153. The van der Waals surface area contributed by atoms with Crippen molar-refractivity contribution < 1.29 is 9.72 Å². The van der Waals surface area contributed by atoms with Crippen molar-refractivity contribution in [3.63, 3.8) is 0 Å². The van der Waals surface area contributed by atoms with Gasteiger partial charge >= 0.3 is 0 Å². The van der Waals surface area contributed by atoms with Crippen LogP contribution in [0.15, 0.2) is 66.7 Å². The normalized spacial score (nSPS) is 11.0. The monoisotopic (exact) mass is 308 g/mol. The summed E-state index contributed by atoms with van der Waals surface area (Å²) in [6.45, 7) is 0.410. The van der Waals surface area contributed by atoms with E-state index < -0.39 is 4.92 Å². The number of hydrogen-bond donors (Lipinski definition) is 1. The Hall–Kier alpha value is -3.21. The SMILES string of the molecule is O=C(C=Cc1cccc([N+](=O)[O-])c1)NCC=Cc1ccccc1. The Kier molecular flexibility index (Phi) is 5.82. The van der Waals surface area contributed by atoms with Gasteiger partial charge in [0.1, 0.15) is 0 Å². The molecule has 0 aromatic heterocycles. The summed E-state index contributed by atoms with van der Waals surface area (Å²) in [5, 5.41) is 13.4. The third-order valence-electron chi connectivity index (χ3n) is 3.01. The van der Waals surface area contributed by atoms with Crippen molar-refractivity contribution in [1.29, 1.82) is 0 Å². The molecule has 0 heterocycles. The summed E-state index contributed by atoms with van der Waals surface area (Å²) in [5.74, 6) is -0.255. The fourth-order valence-corrected chi connectivity index (χ4v) is 1.89. The van der Waals surface area contributed by atoms with Gasteiger partial charge in [0, 0.05) is 24.8 Å². The van der Waals surface area contributed by atoms with Gasteiger partial charge in [-0.15, -0.1) is 0 Å². The first-order valence-corrected chi connectivity index (χ1v) is 7.07. The third kappa shape index (κ3) is 5.59. The first-order chi connectivity index (χ1) is 11.1. The number of carbonyl (C=O) groups excluding carboxylic acids is 1. The molecule has 0 aliphatic rings. The van der Waals surface area contributed by atoms with E-state index in [0.29, 0.717) is 12.1 Å². The molecule has 23 heavy (non-hydrogen) atoms. The fourth-order valence-electron chi connectivity index (χ4n) is 1.89. The lowest BCUT2D eigenvalue weighted by molar-refractivity contribution is -0.384. The van der Waals surface area contributed by atoms with Crippen molar-refractivity contribution in [3.05, 3.63) is 88.0 Å². The van der Waals surface area contributed by atoms with E-state index in [0.717, 1.165) is 5.56 Å². The van der Waals surface area contributed by atoms with Crippen molar-refractivity contribution in [1.82, 2.24) is 5.32 Å². The van der Waals surface area contributed by atoms with Crippen molar-refractivity contribution in [2.45, 2.75) is 0 Å². The topological polar surface area (TPSA) is 72.2 Å². The molecule has 1 N–H and O–H groups in total. The largest absolute Gasteiger partial charge is 0.349 e. The summed E-state index contributed by atoms with van der Waals surface area (Å²) < 4.78 is 0. The summed E-state index contributed by atoms with van der Waals surface area (Å²) in [4.78, 5) is 21.9. The minimum Gasteiger partial charge on any atom is -0.349 e. The maximum Gasteiger partial charge on any atom is 0.270 e. The Morgan fingerprint density at radius 2 is 1.78 bits per heavy atom. The Labute approximate surface area is 134 Å². The molecule has 2 rings (SSSR count). The van der Waals surface area contributed by atoms with Crippen molar-refractivity contribution in [2.75, 3.05) is 6.54 Å². The summed E-state index contributed by atoms with van der Waals surface area (Å²) in [6.07, 6.45) is 6.68. The highest BCUT2D eigenvalue weighted by molar-refractivity contribution is 5.91. The Morgan fingerprint density at radius 1 is 1.04 bits per heavy atom. The molecule has 0 bridgehead atoms. The lowest BCUT2D eigenvalue weighted by Crippen LogP contribution is -2.20. The Morgan fingerprint density at radius 3 is 2.52 bits per heavy atom. The van der Waals surface area contributed by atoms with Crippen LogP contribution in [-0.4, -0.2) is 17.4 Å². The van der Waals surface area contributed by atoms with E-state index in [2.05, 4.69) is 5.32 Å². The zero-order chi connectivity index (χ0) is 16.5. The quantitative estimate of drug-likeness (QED) is 0.505. The zero-order valence-electron chi connectivity index (χ0n) is 12.4. The smallest absolute Gasteiger partial charge is 0.270 e. The van der Waals surface area contributed by atoms with Gasteiger partial charge in [0.25, 0.3) is 5.69 Å². The third-order valence-corrected chi connectivity index (χ3v) is 3.01. The first-order valence-electron chi connectivity index (χ1n) is 7.07. The number of benzene rings is 2. The minimum atomic E-state index is -0.466. The molecule has 5 nitrogen and oxygen atoms in total. The van der Waals surface area contributed by atoms with E-state index in [4.69, 9.17) is 0 Å². The van der Waals surface area contributed by atoms with E-state index in [9.17, 15) is 14.9 Å². The van der Waals surface area contributed by atoms with Crippen molar-refractivity contribution in [3.8, 4) is 0 Å². The number of amides is 1. The van der Waals surface area contributed by atoms with Gasteiger partial charge < -0.3 is 5.32 Å². The van der Waals surface area contributed by atoms with Crippen molar-refractivity contribution >= 4 is 23.7 Å². The Balaban J connectivity index is 1.84. The average Bonchev–Trinajstić information content (AvgIpc) is 2.58. The number of nitro benzene ring substituents is 1. The van der Waals surface area contributed by atoms with Crippen LogP contribution in [0.25, 0.3) is 12.2 Å². The van der Waals surface area contributed by atoms with Crippen LogP contribution in [0.1, 0.15) is 11.1 Å². The number of non-ortho nitro benzene ring substituents is 1. The van der Waals surface area contributed by atoms with Gasteiger partial charge in [0.2, 0.25) is 5.91 Å². The number of nitrogens with zero attached hydrogens (tertiary/aromatic N) is 1. The van der Waals surface area contributed by atoms with Gasteiger partial charge in [-0.3, -0.25) is 14.9 Å². The Bertz CT molecular complexity index is 737. The highest BCUT2D eigenvalue weighted by Gasteiger charge is 2.03. The molecule has 0 fully saturated rings. The molecular weight excluding hydrogens is 292 g/mol. The zero-order valence-corrected chi connectivity index (χ0v) is 12.4. The molecule has 0 spiro atoms. The van der Waals surface area contributed by atoms with Crippen LogP contribution in [0.2, 0.25) is 0 Å². The molecule has 116 valence electrons. The molecule has 2 aromatic carbocycles. The number of rotatable bonds is 6. The predicted octanol–water partition coefficient (Wildman–Crippen LogP) is 3.44. The maximum absolute atomic E-state index is 11.7. The van der Waals surface area contributed by atoms with Crippen LogP contribution in [0, 0.1) is 10.1 Å². The van der Waals surface area contributed by atoms with E-state index in [1.165, 1.54) is 18.2 Å². The van der Waals surface area contributed by atoms with Gasteiger partial charge in [-0.1, -0.05) is 54.6 Å². The van der Waals surface area contributed by atoms with E-state index >= 15 is 0 Å². The second kappa shape index (κ2) is 8.29. The van der Waals surface area contributed by atoms with Crippen LogP contribution in [0.4, 0.5) is 5.69 Å². The van der Waals surface area contributed by atoms with Crippen molar-refractivity contribution in [2.24, 2.45) is 0 Å². The first kappa shape index (κ1) is 16.2. The fraction of sp³-hybridized carbons (Fsp3) is 0.0556. The van der Waals surface area contributed by atoms with Gasteiger partial charge in [0.15, 0.2) is 0 Å². The molecule has 0 saturated heterocycles. The number of hydrogen-bond acceptors (Lipinski definition) is 3. The van der Waals surface area contributed by atoms with E-state index in [1.807, 2.05) is 42.5 Å². The second-order valence-electron chi connectivity index (χ2n) is 4.74. The maximum atomic E-state index is 11.7. The molecule has 1 amide bonds. The summed E-state index contributed by atoms with van der Waals surface area (Å²) in [7, 11) is 0. The highest BCUT2D eigenvalue weighted by atomic mass is 16.6. The van der Waals surface area contributed by atoms with Gasteiger partial charge in [-0.25, -0.2) is 0 Å². The summed E-state index contributed by atoms with van der Waals surface area (Å²) in [5.41, 5.74) is 1.67. The highest BCUT2D eigenvalue weighted by Crippen LogP contribution is 2.13. The molecule has 0 atom stereocenters. The number of nitro groups is 1. The lowest BCUT2D eigenvalue weighted by atomic mass is 10.2. The van der Waals surface area contributed by atoms with Gasteiger partial charge in [0.05, 0.1) is 4.92 Å². The van der Waals surface area contributed by atoms with E-state index in [-0.39, 0.29) is 11.6 Å². The molecule has 0 aliphatic heterocycles. The molecule has 2 aromatic rings. The molecule has 5 heteroatoms. The lowest BCUT2D eigenvalue weighted by Gasteiger charge is -1.97. The molecular formula is C18H16N2O3. The standard InChI is InChI=1S/C18H16N2O3/c21-18(19-13-5-9-15-6-2-1-3-7-15)12-11-16-8-4-10-17(14-16)20(22)23/h1-12,14H,13H2,(H,19,21). The molecule has 0 unspecified atom stereocenters. The van der Waals surface area contributed by atoms with Crippen LogP contribution in [0.3, 0.4) is 0 Å². The van der Waals surface area contributed by atoms with Crippen LogP contribution < -0.4 is 5.32 Å². The number of carbonyl (C=O) groups is 1. The summed E-state index contributed by atoms with van der Waals surface area (Å²) in [6, 6.07) is 15.9. The van der Waals surface area contributed by atoms with Gasteiger partial charge in [-0.2, -0.15) is 0 Å².